The number of amides is 1. The van der Waals surface area contributed by atoms with Gasteiger partial charge in [0.15, 0.2) is 4.96 Å². The summed E-state index contributed by atoms with van der Waals surface area (Å²) in [6, 6.07) is 0.461. The fourth-order valence-corrected chi connectivity index (χ4v) is 3.99. The van der Waals surface area contributed by atoms with Crippen LogP contribution in [0.3, 0.4) is 0 Å². The van der Waals surface area contributed by atoms with Crippen LogP contribution in [0.5, 0.6) is 0 Å². The molecular weight excluding hydrogens is 288 g/mol. The lowest BCUT2D eigenvalue weighted by atomic mass is 10.1. The molecule has 2 aromatic heterocycles. The van der Waals surface area contributed by atoms with Crippen molar-refractivity contribution in [2.24, 2.45) is 0 Å². The van der Waals surface area contributed by atoms with E-state index >= 15 is 0 Å². The Balaban J connectivity index is 1.64. The molecule has 1 unspecified atom stereocenters. The summed E-state index contributed by atoms with van der Waals surface area (Å²) in [6.45, 7) is 3.47. The molecule has 1 atom stereocenters. The second kappa shape index (κ2) is 4.92. The van der Waals surface area contributed by atoms with Gasteiger partial charge in [0.05, 0.1) is 0 Å². The minimum Gasteiger partial charge on any atom is -0.336 e. The van der Waals surface area contributed by atoms with Crippen LogP contribution < -0.4 is 5.56 Å². The number of fused-ring (bicyclic) bond motifs is 2. The third kappa shape index (κ3) is 2.08. The van der Waals surface area contributed by atoms with Crippen molar-refractivity contribution in [1.29, 1.82) is 0 Å². The molecule has 0 aromatic carbocycles. The lowest BCUT2D eigenvalue weighted by Crippen LogP contribution is -2.52. The van der Waals surface area contributed by atoms with Crippen LogP contribution in [0.25, 0.3) is 4.96 Å². The Hall–Kier alpha value is -1.73. The van der Waals surface area contributed by atoms with Gasteiger partial charge in [0, 0.05) is 43.4 Å². The predicted molar refractivity (Wildman–Crippen MR) is 79.8 cm³/mol. The van der Waals surface area contributed by atoms with E-state index in [0.717, 1.165) is 26.1 Å². The highest BCUT2D eigenvalue weighted by Crippen LogP contribution is 2.22. The molecule has 2 saturated heterocycles. The Bertz CT molecular complexity index is 753. The van der Waals surface area contributed by atoms with Crippen LogP contribution in [-0.4, -0.2) is 57.3 Å². The summed E-state index contributed by atoms with van der Waals surface area (Å²) in [6.07, 6.45) is 5.45. The zero-order valence-corrected chi connectivity index (χ0v) is 12.4. The highest BCUT2D eigenvalue weighted by molar-refractivity contribution is 7.15. The predicted octanol–water partition coefficient (Wildman–Crippen LogP) is 0.676. The van der Waals surface area contributed by atoms with Crippen LogP contribution in [0.2, 0.25) is 0 Å². The highest BCUT2D eigenvalue weighted by atomic mass is 32.1. The standard InChI is InChI=1S/C14H16N4O2S/c19-12(17-5-4-16-3-1-2-10(16)9-17)11-8-15-14-18(13(11)20)6-7-21-14/h6-8,10H,1-5,9H2. The van der Waals surface area contributed by atoms with Gasteiger partial charge in [0.25, 0.3) is 11.5 Å². The van der Waals surface area contributed by atoms with Gasteiger partial charge in [0.2, 0.25) is 0 Å². The third-order valence-corrected chi connectivity index (χ3v) is 5.22. The van der Waals surface area contributed by atoms with Crippen LogP contribution in [0.4, 0.5) is 0 Å². The van der Waals surface area contributed by atoms with E-state index in [2.05, 4.69) is 9.88 Å². The van der Waals surface area contributed by atoms with Crippen LogP contribution >= 0.6 is 11.3 Å². The van der Waals surface area contributed by atoms with E-state index in [0.29, 0.717) is 17.5 Å². The second-order valence-electron chi connectivity index (χ2n) is 5.62. The number of rotatable bonds is 1. The van der Waals surface area contributed by atoms with Crippen molar-refractivity contribution in [3.05, 3.63) is 33.7 Å². The maximum atomic E-state index is 12.6. The Morgan fingerprint density at radius 1 is 1.33 bits per heavy atom. The van der Waals surface area contributed by atoms with Crippen molar-refractivity contribution in [2.45, 2.75) is 18.9 Å². The summed E-state index contributed by atoms with van der Waals surface area (Å²) in [4.78, 5) is 34.1. The van der Waals surface area contributed by atoms with Gasteiger partial charge in [0.1, 0.15) is 5.56 Å². The molecule has 0 radical (unpaired) electrons. The molecule has 0 N–H and O–H groups in total. The van der Waals surface area contributed by atoms with Gasteiger partial charge >= 0.3 is 0 Å². The molecule has 7 heteroatoms. The van der Waals surface area contributed by atoms with Crippen LogP contribution in [-0.2, 0) is 0 Å². The second-order valence-corrected chi connectivity index (χ2v) is 6.49. The van der Waals surface area contributed by atoms with Crippen LogP contribution in [0.15, 0.2) is 22.6 Å². The van der Waals surface area contributed by atoms with Crippen molar-refractivity contribution in [3.8, 4) is 0 Å². The summed E-state index contributed by atoms with van der Waals surface area (Å²) < 4.78 is 1.45. The quantitative estimate of drug-likeness (QED) is 0.777. The average Bonchev–Trinajstić information content (AvgIpc) is 3.15. The average molecular weight is 304 g/mol. The van der Waals surface area contributed by atoms with E-state index in [1.807, 2.05) is 4.90 Å². The first-order valence-corrected chi connectivity index (χ1v) is 8.10. The number of carbonyl (C=O) groups excluding carboxylic acids is 1. The fourth-order valence-electron chi connectivity index (χ4n) is 3.32. The lowest BCUT2D eigenvalue weighted by molar-refractivity contribution is 0.0569. The molecule has 4 rings (SSSR count). The van der Waals surface area contributed by atoms with E-state index < -0.39 is 0 Å². The molecule has 2 aliphatic rings. The number of thiazole rings is 1. The molecule has 21 heavy (non-hydrogen) atoms. The van der Waals surface area contributed by atoms with E-state index in [-0.39, 0.29) is 17.0 Å². The van der Waals surface area contributed by atoms with E-state index in [9.17, 15) is 9.59 Å². The Morgan fingerprint density at radius 3 is 3.14 bits per heavy atom. The van der Waals surface area contributed by atoms with E-state index in [4.69, 9.17) is 0 Å². The third-order valence-electron chi connectivity index (χ3n) is 4.45. The van der Waals surface area contributed by atoms with Crippen molar-refractivity contribution in [3.63, 3.8) is 0 Å². The number of carbonyl (C=O) groups is 1. The molecule has 4 heterocycles. The molecule has 2 aromatic rings. The van der Waals surface area contributed by atoms with E-state index in [1.54, 1.807) is 11.6 Å². The fraction of sp³-hybridized carbons (Fsp3) is 0.500. The van der Waals surface area contributed by atoms with Gasteiger partial charge in [-0.1, -0.05) is 0 Å². The van der Waals surface area contributed by atoms with Crippen molar-refractivity contribution in [1.82, 2.24) is 19.2 Å². The topological polar surface area (TPSA) is 57.9 Å². The summed E-state index contributed by atoms with van der Waals surface area (Å²) in [5, 5.41) is 1.80. The highest BCUT2D eigenvalue weighted by Gasteiger charge is 2.33. The molecule has 110 valence electrons. The van der Waals surface area contributed by atoms with Crippen LogP contribution in [0.1, 0.15) is 23.2 Å². The largest absolute Gasteiger partial charge is 0.336 e. The number of hydrogen-bond acceptors (Lipinski definition) is 5. The van der Waals surface area contributed by atoms with Gasteiger partial charge in [-0.25, -0.2) is 4.98 Å². The lowest BCUT2D eigenvalue weighted by Gasteiger charge is -2.37. The van der Waals surface area contributed by atoms with Gasteiger partial charge in [-0.2, -0.15) is 0 Å². The molecule has 2 fully saturated rings. The first-order chi connectivity index (χ1) is 10.2. The summed E-state index contributed by atoms with van der Waals surface area (Å²) in [5.74, 6) is -0.181. The first-order valence-electron chi connectivity index (χ1n) is 7.22. The zero-order chi connectivity index (χ0) is 14.4. The number of nitrogens with zero attached hydrogens (tertiary/aromatic N) is 4. The molecular formula is C14H16N4O2S. The van der Waals surface area contributed by atoms with Gasteiger partial charge < -0.3 is 4.90 Å². The molecule has 1 amide bonds. The molecule has 2 aliphatic heterocycles. The monoisotopic (exact) mass is 304 g/mol. The van der Waals surface area contributed by atoms with Crippen molar-refractivity contribution >= 4 is 22.2 Å². The number of aromatic nitrogens is 2. The van der Waals surface area contributed by atoms with Crippen molar-refractivity contribution in [2.75, 3.05) is 26.2 Å². The van der Waals surface area contributed by atoms with Crippen LogP contribution in [0, 0.1) is 0 Å². The minimum atomic E-state index is -0.264. The summed E-state index contributed by atoms with van der Waals surface area (Å²) in [7, 11) is 0. The molecule has 0 bridgehead atoms. The Kier molecular flexibility index (Phi) is 3.04. The summed E-state index contributed by atoms with van der Waals surface area (Å²) in [5.41, 5.74) is -0.0857. The number of piperazine rings is 1. The van der Waals surface area contributed by atoms with Crippen molar-refractivity contribution < 1.29 is 4.79 Å². The maximum Gasteiger partial charge on any atom is 0.271 e. The van der Waals surface area contributed by atoms with Gasteiger partial charge in [-0.3, -0.25) is 18.9 Å². The normalized spacial score (nSPS) is 22.7. The molecule has 0 aliphatic carbocycles. The van der Waals surface area contributed by atoms with Gasteiger partial charge in [-0.05, 0) is 19.4 Å². The molecule has 0 saturated carbocycles. The van der Waals surface area contributed by atoms with E-state index in [1.165, 1.54) is 28.4 Å². The Morgan fingerprint density at radius 2 is 2.24 bits per heavy atom. The number of hydrogen-bond donors (Lipinski definition) is 0. The SMILES string of the molecule is O=C(c1cnc2sccn2c1=O)N1CCN2CCCC2C1. The summed E-state index contributed by atoms with van der Waals surface area (Å²) >= 11 is 1.39. The first kappa shape index (κ1) is 13.0. The zero-order valence-electron chi connectivity index (χ0n) is 11.6. The molecule has 0 spiro atoms. The minimum absolute atomic E-state index is 0.178. The van der Waals surface area contributed by atoms with Gasteiger partial charge in [-0.15, -0.1) is 11.3 Å². The maximum absolute atomic E-state index is 12.6. The Labute approximate surface area is 125 Å². The smallest absolute Gasteiger partial charge is 0.271 e. The molecule has 6 nitrogen and oxygen atoms in total.